The van der Waals surface area contributed by atoms with E-state index in [0.29, 0.717) is 30.9 Å². The number of fused-ring (bicyclic) bond motifs is 1. The normalized spacial score (nSPS) is 22.0. The summed E-state index contributed by atoms with van der Waals surface area (Å²) in [5, 5.41) is 0. The first-order valence-electron chi connectivity index (χ1n) is 10.2. The lowest BCUT2D eigenvalue weighted by Crippen LogP contribution is -2.39. The molecule has 1 aromatic rings. The molecule has 1 heterocycles. The second kappa shape index (κ2) is 9.28. The summed E-state index contributed by atoms with van der Waals surface area (Å²) in [6.45, 7) is 6.99. The summed E-state index contributed by atoms with van der Waals surface area (Å²) in [7, 11) is 0. The molecule has 0 radical (unpaired) electrons. The molecule has 3 rings (SSSR count). The molecule has 1 saturated carbocycles. The van der Waals surface area contributed by atoms with Crippen LogP contribution >= 0.6 is 0 Å². The number of hydrogen-bond donors (Lipinski definition) is 0. The van der Waals surface area contributed by atoms with Crippen molar-refractivity contribution >= 4 is 17.5 Å². The molecule has 1 fully saturated rings. The Morgan fingerprint density at radius 3 is 2.54 bits per heavy atom. The average Bonchev–Trinajstić information content (AvgIpc) is 2.70. The third-order valence-corrected chi connectivity index (χ3v) is 5.54. The van der Waals surface area contributed by atoms with Gasteiger partial charge in [0.2, 0.25) is 0 Å². The highest BCUT2D eigenvalue weighted by atomic mass is 16.6. The summed E-state index contributed by atoms with van der Waals surface area (Å²) < 4.78 is 10.7. The predicted octanol–water partition coefficient (Wildman–Crippen LogP) is 4.01. The van der Waals surface area contributed by atoms with Crippen molar-refractivity contribution in [3.05, 3.63) is 46.7 Å². The van der Waals surface area contributed by atoms with Crippen molar-refractivity contribution in [3.8, 4) is 0 Å². The lowest BCUT2D eigenvalue weighted by molar-refractivity contribution is -0.141. The number of ether oxygens (including phenoxy) is 2. The van der Waals surface area contributed by atoms with Crippen LogP contribution in [0.4, 0.5) is 0 Å². The second-order valence-electron chi connectivity index (χ2n) is 7.31. The van der Waals surface area contributed by atoms with E-state index in [9.17, 15) is 9.59 Å². The third-order valence-electron chi connectivity index (χ3n) is 5.54. The zero-order valence-corrected chi connectivity index (χ0v) is 17.0. The fourth-order valence-corrected chi connectivity index (χ4v) is 4.12. The van der Waals surface area contributed by atoms with Gasteiger partial charge in [-0.3, -0.25) is 9.79 Å². The number of esters is 1. The SMILES string of the molecule is CCOCCOC(=O)C1=C(C)N=C2CCCC(=O)C2[C@H]1c1ccc(CC)cc1. The van der Waals surface area contributed by atoms with E-state index in [4.69, 9.17) is 9.47 Å². The van der Waals surface area contributed by atoms with Gasteiger partial charge in [-0.1, -0.05) is 31.2 Å². The predicted molar refractivity (Wildman–Crippen MR) is 108 cm³/mol. The molecule has 0 N–H and O–H groups in total. The summed E-state index contributed by atoms with van der Waals surface area (Å²) in [5.41, 5.74) is 4.27. The van der Waals surface area contributed by atoms with Gasteiger partial charge >= 0.3 is 5.97 Å². The highest BCUT2D eigenvalue weighted by Gasteiger charge is 2.43. The van der Waals surface area contributed by atoms with Crippen LogP contribution in [-0.4, -0.2) is 37.3 Å². The van der Waals surface area contributed by atoms with Gasteiger partial charge in [0.15, 0.2) is 0 Å². The highest BCUT2D eigenvalue weighted by Crippen LogP contribution is 2.43. The minimum Gasteiger partial charge on any atom is -0.460 e. The number of carbonyl (C=O) groups excluding carboxylic acids is 2. The maximum Gasteiger partial charge on any atom is 0.336 e. The lowest BCUT2D eigenvalue weighted by Gasteiger charge is -2.35. The van der Waals surface area contributed by atoms with Crippen molar-refractivity contribution in [1.29, 1.82) is 0 Å². The zero-order chi connectivity index (χ0) is 20.1. The van der Waals surface area contributed by atoms with E-state index in [1.165, 1.54) is 5.56 Å². The fraction of sp³-hybridized carbons (Fsp3) is 0.522. The highest BCUT2D eigenvalue weighted by molar-refractivity contribution is 6.11. The summed E-state index contributed by atoms with van der Waals surface area (Å²) in [5.74, 6) is -0.921. The van der Waals surface area contributed by atoms with Gasteiger partial charge in [0.25, 0.3) is 0 Å². The molecule has 0 aromatic heterocycles. The molecule has 2 aliphatic rings. The Morgan fingerprint density at radius 1 is 1.11 bits per heavy atom. The summed E-state index contributed by atoms with van der Waals surface area (Å²) in [4.78, 5) is 30.4. The van der Waals surface area contributed by atoms with Crippen LogP contribution in [0.5, 0.6) is 0 Å². The first kappa shape index (κ1) is 20.5. The number of allylic oxidation sites excluding steroid dienone is 1. The number of aryl methyl sites for hydroxylation is 1. The fourth-order valence-electron chi connectivity index (χ4n) is 4.12. The molecule has 2 atom stereocenters. The molecule has 150 valence electrons. The van der Waals surface area contributed by atoms with Crippen LogP contribution in [-0.2, 0) is 25.5 Å². The van der Waals surface area contributed by atoms with Crippen molar-refractivity contribution in [1.82, 2.24) is 0 Å². The molecule has 0 bridgehead atoms. The Balaban J connectivity index is 1.97. The van der Waals surface area contributed by atoms with E-state index in [1.807, 2.05) is 26.0 Å². The van der Waals surface area contributed by atoms with Gasteiger partial charge in [-0.05, 0) is 44.2 Å². The van der Waals surface area contributed by atoms with Crippen LogP contribution < -0.4 is 0 Å². The first-order valence-corrected chi connectivity index (χ1v) is 10.2. The summed E-state index contributed by atoms with van der Waals surface area (Å²) in [6.07, 6.45) is 3.13. The minimum absolute atomic E-state index is 0.168. The largest absolute Gasteiger partial charge is 0.460 e. The van der Waals surface area contributed by atoms with Gasteiger partial charge in [-0.2, -0.15) is 0 Å². The first-order chi connectivity index (χ1) is 13.6. The van der Waals surface area contributed by atoms with Crippen molar-refractivity contribution in [3.63, 3.8) is 0 Å². The zero-order valence-electron chi connectivity index (χ0n) is 17.0. The molecule has 0 amide bonds. The lowest BCUT2D eigenvalue weighted by atomic mass is 9.69. The van der Waals surface area contributed by atoms with Gasteiger partial charge in [0.05, 0.1) is 18.1 Å². The standard InChI is InChI=1S/C23H29NO4/c1-4-16-9-11-17(12-10-16)21-20(23(26)28-14-13-27-5-2)15(3)24-18-7-6-8-19(25)22(18)21/h9-12,21-22H,4-8,13-14H2,1-3H3/t21-,22?/m0/s1. The van der Waals surface area contributed by atoms with E-state index in [1.54, 1.807) is 0 Å². The van der Waals surface area contributed by atoms with E-state index in [0.717, 1.165) is 30.5 Å². The second-order valence-corrected chi connectivity index (χ2v) is 7.31. The molecule has 0 saturated heterocycles. The van der Waals surface area contributed by atoms with Crippen LogP contribution in [0.15, 0.2) is 40.5 Å². The topological polar surface area (TPSA) is 65.0 Å². The van der Waals surface area contributed by atoms with Gasteiger partial charge in [0, 0.05) is 30.4 Å². The van der Waals surface area contributed by atoms with Crippen LogP contribution in [0.2, 0.25) is 0 Å². The molecule has 1 aromatic carbocycles. The van der Waals surface area contributed by atoms with Crippen molar-refractivity contribution in [2.45, 2.75) is 52.4 Å². The Morgan fingerprint density at radius 2 is 1.86 bits per heavy atom. The number of carbonyl (C=O) groups is 2. The number of nitrogens with zero attached hydrogens (tertiary/aromatic N) is 1. The van der Waals surface area contributed by atoms with Crippen LogP contribution in [0.1, 0.15) is 57.1 Å². The molecule has 5 nitrogen and oxygen atoms in total. The number of aliphatic imine (C=N–C) groups is 1. The molecule has 5 heteroatoms. The molecule has 28 heavy (non-hydrogen) atoms. The Hall–Kier alpha value is -2.27. The molecular formula is C23H29NO4. The Bertz CT molecular complexity index is 791. The van der Waals surface area contributed by atoms with E-state index >= 15 is 0 Å². The molecule has 0 spiro atoms. The molecular weight excluding hydrogens is 354 g/mol. The average molecular weight is 383 g/mol. The monoisotopic (exact) mass is 383 g/mol. The summed E-state index contributed by atoms with van der Waals surface area (Å²) in [6, 6.07) is 8.22. The number of rotatable bonds is 7. The number of hydrogen-bond acceptors (Lipinski definition) is 5. The smallest absolute Gasteiger partial charge is 0.336 e. The van der Waals surface area contributed by atoms with E-state index in [2.05, 4.69) is 24.0 Å². The molecule has 1 aliphatic heterocycles. The van der Waals surface area contributed by atoms with E-state index < -0.39 is 5.97 Å². The Kier molecular flexibility index (Phi) is 6.79. The van der Waals surface area contributed by atoms with Crippen molar-refractivity contribution in [2.75, 3.05) is 19.8 Å². The van der Waals surface area contributed by atoms with Gasteiger partial charge in [-0.15, -0.1) is 0 Å². The maximum absolute atomic E-state index is 12.9. The van der Waals surface area contributed by atoms with Gasteiger partial charge < -0.3 is 9.47 Å². The van der Waals surface area contributed by atoms with Crippen molar-refractivity contribution in [2.24, 2.45) is 10.9 Å². The number of benzene rings is 1. The van der Waals surface area contributed by atoms with Gasteiger partial charge in [0.1, 0.15) is 12.4 Å². The minimum atomic E-state index is -0.400. The Labute approximate surface area is 166 Å². The van der Waals surface area contributed by atoms with Crippen LogP contribution in [0.25, 0.3) is 0 Å². The number of Topliss-reactive ketones (excluding diaryl/α,β-unsaturated/α-hetero) is 1. The maximum atomic E-state index is 12.9. The number of ketones is 1. The quantitative estimate of drug-likeness (QED) is 0.527. The summed E-state index contributed by atoms with van der Waals surface area (Å²) >= 11 is 0. The van der Waals surface area contributed by atoms with Crippen molar-refractivity contribution < 1.29 is 19.1 Å². The molecule has 1 aliphatic carbocycles. The molecule has 1 unspecified atom stereocenters. The van der Waals surface area contributed by atoms with E-state index in [-0.39, 0.29) is 24.2 Å². The van der Waals surface area contributed by atoms with Crippen LogP contribution in [0.3, 0.4) is 0 Å². The van der Waals surface area contributed by atoms with Crippen LogP contribution in [0, 0.1) is 5.92 Å². The third kappa shape index (κ3) is 4.25. The van der Waals surface area contributed by atoms with Gasteiger partial charge in [-0.25, -0.2) is 4.79 Å².